The number of aliphatic hydroxyl groups is 1. The van der Waals surface area contributed by atoms with Crippen LogP contribution in [0.4, 0.5) is 0 Å². The predicted molar refractivity (Wildman–Crippen MR) is 360 cm³/mol. The number of allylic oxidation sites excluding steroid dienone is 11. The maximum Gasteiger partial charge on any atom is 0.472 e. The Morgan fingerprint density at radius 2 is 0.707 bits per heavy atom. The molecule has 480 valence electrons. The minimum absolute atomic E-state index is 0.0529. The minimum Gasteiger partial charge on any atom is -0.387 e. The fourth-order valence-electron chi connectivity index (χ4n) is 10.4. The van der Waals surface area contributed by atoms with Gasteiger partial charge < -0.3 is 19.8 Å². The third kappa shape index (κ3) is 65.5. The Hall–Kier alpha value is -2.06. The van der Waals surface area contributed by atoms with Gasteiger partial charge >= 0.3 is 7.82 Å². The van der Waals surface area contributed by atoms with Gasteiger partial charge in [-0.05, 0) is 83.5 Å². The number of carbonyl (C=O) groups is 1. The van der Waals surface area contributed by atoms with Gasteiger partial charge in [0.05, 0.1) is 39.9 Å². The number of aliphatic hydroxyl groups excluding tert-OH is 1. The van der Waals surface area contributed by atoms with Crippen molar-refractivity contribution in [2.75, 3.05) is 40.9 Å². The number of nitrogens with zero attached hydrogens (tertiary/aromatic N) is 1. The Labute approximate surface area is 510 Å². The molecule has 3 N–H and O–H groups in total. The molecule has 0 aromatic rings. The van der Waals surface area contributed by atoms with Gasteiger partial charge in [-0.3, -0.25) is 13.8 Å². The molecular weight excluding hydrogens is 1030 g/mol. The summed E-state index contributed by atoms with van der Waals surface area (Å²) in [6.45, 7) is 4.81. The molecule has 0 saturated carbocycles. The zero-order chi connectivity index (χ0) is 59.8. The summed E-state index contributed by atoms with van der Waals surface area (Å²) in [7, 11) is 1.55. The van der Waals surface area contributed by atoms with E-state index in [9.17, 15) is 19.4 Å². The molecule has 1 amide bonds. The van der Waals surface area contributed by atoms with Crippen molar-refractivity contribution < 1.29 is 32.9 Å². The van der Waals surface area contributed by atoms with Crippen LogP contribution in [0.1, 0.15) is 335 Å². The molecule has 9 heteroatoms. The highest BCUT2D eigenvalue weighted by molar-refractivity contribution is 7.47. The number of phosphoric acid groups is 1. The molecule has 0 radical (unpaired) electrons. The van der Waals surface area contributed by atoms with Crippen molar-refractivity contribution in [2.24, 2.45) is 0 Å². The van der Waals surface area contributed by atoms with Crippen LogP contribution in [0.15, 0.2) is 72.9 Å². The van der Waals surface area contributed by atoms with Gasteiger partial charge in [-0.1, -0.05) is 318 Å². The molecule has 0 spiro atoms. The minimum atomic E-state index is -4.37. The van der Waals surface area contributed by atoms with Gasteiger partial charge in [0.2, 0.25) is 5.91 Å². The van der Waals surface area contributed by atoms with Gasteiger partial charge in [0, 0.05) is 6.42 Å². The number of hydrogen-bond donors (Lipinski definition) is 3. The van der Waals surface area contributed by atoms with E-state index in [1.165, 1.54) is 257 Å². The van der Waals surface area contributed by atoms with E-state index in [1.54, 1.807) is 6.08 Å². The number of unbranched alkanes of at least 4 members (excludes halogenated alkanes) is 42. The molecule has 0 heterocycles. The molecule has 0 aromatic heterocycles. The van der Waals surface area contributed by atoms with Crippen LogP contribution in [-0.2, 0) is 18.4 Å². The van der Waals surface area contributed by atoms with Crippen LogP contribution in [0.2, 0.25) is 0 Å². The lowest BCUT2D eigenvalue weighted by molar-refractivity contribution is -0.870. The molecule has 8 nitrogen and oxygen atoms in total. The average molecular weight is 1170 g/mol. The summed E-state index contributed by atoms with van der Waals surface area (Å²) in [6, 6.07) is -0.873. The van der Waals surface area contributed by atoms with Gasteiger partial charge in [0.1, 0.15) is 13.2 Å². The fraction of sp³-hybridized carbons (Fsp3) is 0.822. The van der Waals surface area contributed by atoms with Gasteiger partial charge in [-0.25, -0.2) is 4.57 Å². The van der Waals surface area contributed by atoms with Gasteiger partial charge in [0.15, 0.2) is 0 Å². The van der Waals surface area contributed by atoms with E-state index in [2.05, 4.69) is 79.9 Å². The number of rotatable bonds is 65. The molecular formula is C73H138N2O6P+. The zero-order valence-corrected chi connectivity index (χ0v) is 55.9. The monoisotopic (exact) mass is 1170 g/mol. The van der Waals surface area contributed by atoms with E-state index in [1.807, 2.05) is 27.2 Å². The van der Waals surface area contributed by atoms with E-state index >= 15 is 0 Å². The molecule has 3 atom stereocenters. The first-order valence-corrected chi connectivity index (χ1v) is 36.8. The lowest BCUT2D eigenvalue weighted by Gasteiger charge is -2.25. The van der Waals surface area contributed by atoms with Crippen molar-refractivity contribution in [1.29, 1.82) is 0 Å². The Kier molecular flexibility index (Phi) is 61.8. The van der Waals surface area contributed by atoms with Crippen molar-refractivity contribution in [3.8, 4) is 0 Å². The maximum atomic E-state index is 13.0. The van der Waals surface area contributed by atoms with Crippen LogP contribution in [0.3, 0.4) is 0 Å². The first-order valence-electron chi connectivity index (χ1n) is 35.3. The number of phosphoric ester groups is 1. The number of nitrogens with one attached hydrogen (secondary N) is 1. The first-order chi connectivity index (χ1) is 40.0. The fourth-order valence-corrected chi connectivity index (χ4v) is 11.1. The van der Waals surface area contributed by atoms with Crippen molar-refractivity contribution in [3.63, 3.8) is 0 Å². The molecule has 0 fully saturated rings. The molecule has 0 aliphatic carbocycles. The van der Waals surface area contributed by atoms with Gasteiger partial charge in [0.25, 0.3) is 0 Å². The van der Waals surface area contributed by atoms with Crippen LogP contribution in [-0.4, -0.2) is 73.4 Å². The molecule has 82 heavy (non-hydrogen) atoms. The molecule has 3 unspecified atom stereocenters. The standard InChI is InChI=1S/C73H137N2O6P/c1-6-8-10-12-14-16-18-20-22-24-26-28-30-32-33-34-35-36-37-38-39-40-41-43-45-47-49-51-53-55-57-59-61-63-65-67-73(77)74-71(70-81-82(78,79)80-69-68-75(3,4)5)72(76)66-64-62-60-58-56-54-52-50-48-46-44-42-31-29-27-25-23-21-19-17-15-13-11-9-7-2/h18,20,24,26,30,32,48,50,56,58,64,66,71-72,76H,6-17,19,21-23,25,27-29,31,33-47,49,51-55,57,59-63,65,67-70H2,1-5H3,(H-,74,77,78,79)/p+1/b20-18-,26-24-,32-30-,50-48+,58-56+,66-64+. The maximum absolute atomic E-state index is 13.0. The molecule has 0 aliphatic rings. The highest BCUT2D eigenvalue weighted by atomic mass is 31.2. The Morgan fingerprint density at radius 1 is 0.415 bits per heavy atom. The smallest absolute Gasteiger partial charge is 0.387 e. The Morgan fingerprint density at radius 3 is 1.06 bits per heavy atom. The molecule has 0 bridgehead atoms. The second-order valence-electron chi connectivity index (χ2n) is 25.2. The van der Waals surface area contributed by atoms with Crippen LogP contribution in [0.5, 0.6) is 0 Å². The highest BCUT2D eigenvalue weighted by Crippen LogP contribution is 2.43. The Bertz CT molecular complexity index is 1570. The van der Waals surface area contributed by atoms with Crippen molar-refractivity contribution in [2.45, 2.75) is 347 Å². The largest absolute Gasteiger partial charge is 0.472 e. The summed E-state index contributed by atoms with van der Waals surface area (Å²) < 4.78 is 23.8. The van der Waals surface area contributed by atoms with Crippen LogP contribution in [0.25, 0.3) is 0 Å². The van der Waals surface area contributed by atoms with Crippen molar-refractivity contribution in [3.05, 3.63) is 72.9 Å². The van der Waals surface area contributed by atoms with Crippen molar-refractivity contribution >= 4 is 13.7 Å². The van der Waals surface area contributed by atoms with Crippen LogP contribution >= 0.6 is 7.82 Å². The molecule has 0 aromatic carbocycles. The van der Waals surface area contributed by atoms with Crippen LogP contribution < -0.4 is 5.32 Å². The third-order valence-electron chi connectivity index (χ3n) is 15.9. The number of quaternary nitrogens is 1. The Balaban J connectivity index is 4.08. The lowest BCUT2D eigenvalue weighted by atomic mass is 10.0. The van der Waals surface area contributed by atoms with E-state index in [0.29, 0.717) is 17.4 Å². The van der Waals surface area contributed by atoms with E-state index < -0.39 is 20.0 Å². The molecule has 0 rings (SSSR count). The number of likely N-dealkylation sites (N-methyl/N-ethyl adjacent to an activating group) is 1. The quantitative estimate of drug-likeness (QED) is 0.0243. The molecule has 0 aliphatic heterocycles. The van der Waals surface area contributed by atoms with Gasteiger partial charge in [-0.15, -0.1) is 0 Å². The number of amides is 1. The van der Waals surface area contributed by atoms with E-state index in [4.69, 9.17) is 9.05 Å². The predicted octanol–water partition coefficient (Wildman–Crippen LogP) is 22.6. The first kappa shape index (κ1) is 79.9. The summed E-state index contributed by atoms with van der Waals surface area (Å²) in [4.78, 5) is 23.4. The number of carbonyl (C=O) groups excluding carboxylic acids is 1. The summed E-state index contributed by atoms with van der Waals surface area (Å²) in [5.41, 5.74) is 0. The van der Waals surface area contributed by atoms with E-state index in [0.717, 1.165) is 57.8 Å². The summed E-state index contributed by atoms with van der Waals surface area (Å²) in [5, 5.41) is 14.0. The third-order valence-corrected chi connectivity index (χ3v) is 16.9. The summed E-state index contributed by atoms with van der Waals surface area (Å²) in [5.74, 6) is -0.187. The van der Waals surface area contributed by atoms with Crippen LogP contribution in [0, 0.1) is 0 Å². The molecule has 0 saturated heterocycles. The van der Waals surface area contributed by atoms with Crippen molar-refractivity contribution in [1.82, 2.24) is 5.32 Å². The lowest BCUT2D eigenvalue weighted by Crippen LogP contribution is -2.45. The summed E-state index contributed by atoms with van der Waals surface area (Å²) in [6.07, 6.45) is 89.2. The number of hydrogen-bond acceptors (Lipinski definition) is 5. The normalized spacial score (nSPS) is 14.1. The second-order valence-corrected chi connectivity index (χ2v) is 26.7. The highest BCUT2D eigenvalue weighted by Gasteiger charge is 2.28. The second kappa shape index (κ2) is 63.4. The summed E-state index contributed by atoms with van der Waals surface area (Å²) >= 11 is 0. The zero-order valence-electron chi connectivity index (χ0n) is 55.0. The van der Waals surface area contributed by atoms with E-state index in [-0.39, 0.29) is 19.1 Å². The SMILES string of the molecule is CCCCCCC/C=C\C/C=C\C/C=C\CCCCCCCCCCCCCCCCCCCCCCC(=O)NC(COP(=O)(O)OCC[N+](C)(C)C)C(O)/C=C/CC/C=C/CC/C=C/CCCCCCCCCCCCCCCCC. The van der Waals surface area contributed by atoms with Gasteiger partial charge in [-0.2, -0.15) is 0 Å². The average Bonchev–Trinajstić information content (AvgIpc) is 3.45. The topological polar surface area (TPSA) is 105 Å².